The van der Waals surface area contributed by atoms with Gasteiger partial charge in [0.15, 0.2) is 5.69 Å². The monoisotopic (exact) mass is 316 g/mol. The van der Waals surface area contributed by atoms with Crippen LogP contribution in [0, 0.1) is 5.92 Å². The van der Waals surface area contributed by atoms with Gasteiger partial charge in [-0.25, -0.2) is 4.68 Å². The average Bonchev–Trinajstić information content (AvgIpc) is 2.95. The lowest BCUT2D eigenvalue weighted by atomic mass is 9.75. The molecule has 1 heterocycles. The molecule has 23 heavy (non-hydrogen) atoms. The van der Waals surface area contributed by atoms with Gasteiger partial charge in [0.2, 0.25) is 0 Å². The number of carbonyl (C=O) groups is 1. The Morgan fingerprint density at radius 1 is 1.30 bits per heavy atom. The van der Waals surface area contributed by atoms with Gasteiger partial charge in [0.25, 0.3) is 5.91 Å². The number of benzene rings is 1. The molecule has 0 fully saturated rings. The minimum absolute atomic E-state index is 0.148. The van der Waals surface area contributed by atoms with Crippen LogP contribution in [-0.4, -0.2) is 44.0 Å². The smallest absolute Gasteiger partial charge is 0.426 e. The molecule has 3 N–H and O–H groups in total. The summed E-state index contributed by atoms with van der Waals surface area (Å²) in [4.78, 5) is 12.2. The maximum Gasteiger partial charge on any atom is 0.475 e. The van der Waals surface area contributed by atoms with Crippen molar-refractivity contribution in [2.75, 3.05) is 0 Å². The van der Waals surface area contributed by atoms with Gasteiger partial charge in [0.05, 0.1) is 18.7 Å². The van der Waals surface area contributed by atoms with E-state index in [1.807, 2.05) is 44.2 Å². The van der Waals surface area contributed by atoms with Crippen molar-refractivity contribution in [3.05, 3.63) is 47.8 Å². The van der Waals surface area contributed by atoms with Crippen LogP contribution in [0.4, 0.5) is 0 Å². The van der Waals surface area contributed by atoms with Crippen molar-refractivity contribution in [3.63, 3.8) is 0 Å². The summed E-state index contributed by atoms with van der Waals surface area (Å²) in [5, 5.41) is 29.1. The summed E-state index contributed by atoms with van der Waals surface area (Å²) in [7, 11) is -1.61. The molecule has 2 aromatic rings. The highest BCUT2D eigenvalue weighted by Gasteiger charge is 2.27. The van der Waals surface area contributed by atoms with Crippen LogP contribution in [0.15, 0.2) is 36.5 Å². The quantitative estimate of drug-likeness (QED) is 0.645. The van der Waals surface area contributed by atoms with Gasteiger partial charge in [-0.15, -0.1) is 5.10 Å². The molecule has 1 amide bonds. The van der Waals surface area contributed by atoms with Crippen LogP contribution in [0.1, 0.15) is 36.3 Å². The van der Waals surface area contributed by atoms with Crippen molar-refractivity contribution in [1.82, 2.24) is 20.3 Å². The number of aromatic nitrogens is 3. The normalized spacial score (nSPS) is 12.2. The number of nitrogens with zero attached hydrogens (tertiary/aromatic N) is 3. The van der Waals surface area contributed by atoms with E-state index in [0.717, 1.165) is 5.56 Å². The van der Waals surface area contributed by atoms with Gasteiger partial charge in [-0.2, -0.15) is 0 Å². The number of hydrogen-bond acceptors (Lipinski definition) is 5. The molecule has 2 rings (SSSR count). The van der Waals surface area contributed by atoms with E-state index in [-0.39, 0.29) is 11.6 Å². The van der Waals surface area contributed by atoms with E-state index in [1.54, 1.807) is 10.9 Å². The number of carbonyl (C=O) groups excluding carboxylic acids is 1. The molecule has 0 radical (unpaired) electrons. The van der Waals surface area contributed by atoms with E-state index in [1.165, 1.54) is 0 Å². The Hall–Kier alpha value is -2.19. The molecule has 0 aliphatic heterocycles. The Morgan fingerprint density at radius 3 is 2.61 bits per heavy atom. The summed E-state index contributed by atoms with van der Waals surface area (Å²) in [6.07, 6.45) is 2.00. The molecule has 0 aliphatic rings. The topological polar surface area (TPSA) is 100 Å². The van der Waals surface area contributed by atoms with Crippen molar-refractivity contribution in [1.29, 1.82) is 0 Å². The second kappa shape index (κ2) is 7.89. The van der Waals surface area contributed by atoms with Crippen molar-refractivity contribution in [3.8, 4) is 0 Å². The first-order chi connectivity index (χ1) is 11.0. The molecule has 1 atom stereocenters. The minimum atomic E-state index is -1.61. The standard InChI is InChI=1S/C15H21BN4O3/c1-11(2)8-14(16(22)23)17-15(21)13-10-20(19-18-13)9-12-6-4-3-5-7-12/h3-7,10-11,14,22-23H,8-9H2,1-2H3,(H,17,21)/t14-/m0/s1. The van der Waals surface area contributed by atoms with Gasteiger partial charge in [-0.3, -0.25) is 4.79 Å². The molecule has 1 aromatic carbocycles. The van der Waals surface area contributed by atoms with Crippen LogP contribution in [-0.2, 0) is 6.54 Å². The first-order valence-corrected chi connectivity index (χ1v) is 7.56. The van der Waals surface area contributed by atoms with Gasteiger partial charge < -0.3 is 15.4 Å². The van der Waals surface area contributed by atoms with Gasteiger partial charge >= 0.3 is 7.12 Å². The van der Waals surface area contributed by atoms with Crippen LogP contribution in [0.5, 0.6) is 0 Å². The zero-order valence-corrected chi connectivity index (χ0v) is 13.3. The fourth-order valence-corrected chi connectivity index (χ4v) is 2.26. The molecular weight excluding hydrogens is 295 g/mol. The fourth-order valence-electron chi connectivity index (χ4n) is 2.26. The largest absolute Gasteiger partial charge is 0.475 e. The zero-order chi connectivity index (χ0) is 16.8. The number of amides is 1. The second-order valence-corrected chi connectivity index (χ2v) is 5.91. The summed E-state index contributed by atoms with van der Waals surface area (Å²) in [6.45, 7) is 4.40. The lowest BCUT2D eigenvalue weighted by Crippen LogP contribution is -2.47. The summed E-state index contributed by atoms with van der Waals surface area (Å²) in [5.74, 6) is -0.985. The predicted molar refractivity (Wildman–Crippen MR) is 86.5 cm³/mol. The van der Waals surface area contributed by atoms with Gasteiger partial charge in [0.1, 0.15) is 0 Å². The Bertz CT molecular complexity index is 631. The second-order valence-electron chi connectivity index (χ2n) is 5.91. The molecule has 122 valence electrons. The van der Waals surface area contributed by atoms with Crippen LogP contribution >= 0.6 is 0 Å². The third kappa shape index (κ3) is 5.19. The fraction of sp³-hybridized carbons (Fsp3) is 0.400. The van der Waals surface area contributed by atoms with E-state index in [9.17, 15) is 14.8 Å². The lowest BCUT2D eigenvalue weighted by molar-refractivity contribution is 0.0933. The highest BCUT2D eigenvalue weighted by molar-refractivity contribution is 6.43. The van der Waals surface area contributed by atoms with Crippen LogP contribution in [0.3, 0.4) is 0 Å². The van der Waals surface area contributed by atoms with Crippen molar-refractivity contribution in [2.24, 2.45) is 5.92 Å². The molecule has 0 aliphatic carbocycles. The van der Waals surface area contributed by atoms with E-state index in [2.05, 4.69) is 15.6 Å². The Labute approximate surface area is 135 Å². The maximum absolute atomic E-state index is 12.2. The van der Waals surface area contributed by atoms with Crippen LogP contribution in [0.2, 0.25) is 0 Å². The summed E-state index contributed by atoms with van der Waals surface area (Å²) in [5.41, 5.74) is 1.20. The highest BCUT2D eigenvalue weighted by atomic mass is 16.4. The van der Waals surface area contributed by atoms with E-state index < -0.39 is 19.0 Å². The minimum Gasteiger partial charge on any atom is -0.426 e. The van der Waals surface area contributed by atoms with Gasteiger partial charge in [-0.1, -0.05) is 49.4 Å². The number of rotatable bonds is 7. The van der Waals surface area contributed by atoms with Gasteiger partial charge in [-0.05, 0) is 17.9 Å². The number of nitrogens with one attached hydrogen (secondary N) is 1. The van der Waals surface area contributed by atoms with Crippen molar-refractivity contribution < 1.29 is 14.8 Å². The predicted octanol–water partition coefficient (Wildman–Crippen LogP) is 0.483. The van der Waals surface area contributed by atoms with Gasteiger partial charge in [0, 0.05) is 0 Å². The van der Waals surface area contributed by atoms with Crippen molar-refractivity contribution in [2.45, 2.75) is 32.8 Å². The summed E-state index contributed by atoms with van der Waals surface area (Å²) in [6, 6.07) is 9.71. The molecule has 0 unspecified atom stereocenters. The maximum atomic E-state index is 12.2. The van der Waals surface area contributed by atoms with Crippen molar-refractivity contribution >= 4 is 13.0 Å². The Morgan fingerprint density at radius 2 is 2.00 bits per heavy atom. The van der Waals surface area contributed by atoms with Crippen LogP contribution in [0.25, 0.3) is 0 Å². The third-order valence-corrected chi connectivity index (χ3v) is 3.36. The highest BCUT2D eigenvalue weighted by Crippen LogP contribution is 2.07. The first kappa shape index (κ1) is 17.2. The lowest BCUT2D eigenvalue weighted by Gasteiger charge is -2.18. The molecular formula is C15H21BN4O3. The zero-order valence-electron chi connectivity index (χ0n) is 13.3. The molecule has 0 saturated carbocycles. The molecule has 0 saturated heterocycles. The summed E-state index contributed by atoms with van der Waals surface area (Å²) < 4.78 is 1.57. The Kier molecular flexibility index (Phi) is 5.89. The van der Waals surface area contributed by atoms with Crippen LogP contribution < -0.4 is 5.32 Å². The van der Waals surface area contributed by atoms with E-state index in [0.29, 0.717) is 13.0 Å². The first-order valence-electron chi connectivity index (χ1n) is 7.56. The Balaban J connectivity index is 2.00. The summed E-state index contributed by atoms with van der Waals surface area (Å²) >= 11 is 0. The molecule has 7 nitrogen and oxygen atoms in total. The molecule has 0 bridgehead atoms. The molecule has 1 aromatic heterocycles. The molecule has 0 spiro atoms. The number of hydrogen-bond donors (Lipinski definition) is 3. The van der Waals surface area contributed by atoms with E-state index in [4.69, 9.17) is 0 Å². The van der Waals surface area contributed by atoms with E-state index >= 15 is 0 Å². The molecule has 8 heteroatoms. The SMILES string of the molecule is CC(C)C[C@H](NC(=O)c1cn(Cc2ccccc2)nn1)B(O)O. The third-order valence-electron chi connectivity index (χ3n) is 3.36. The average molecular weight is 316 g/mol.